The predicted molar refractivity (Wildman–Crippen MR) is 61.0 cm³/mol. The highest BCUT2D eigenvalue weighted by Gasteiger charge is 2.48. The molecule has 1 saturated carbocycles. The molecule has 0 aliphatic heterocycles. The highest BCUT2D eigenvalue weighted by Crippen LogP contribution is 2.49. The lowest BCUT2D eigenvalue weighted by Gasteiger charge is -2.25. The molecule has 0 radical (unpaired) electrons. The van der Waals surface area contributed by atoms with E-state index in [0.717, 1.165) is 12.8 Å². The molecule has 0 heterocycles. The SMILES string of the molecule is COC(=O)C1C2C=CC(C2)C1CCOC(C)=O. The van der Waals surface area contributed by atoms with Crippen molar-refractivity contribution in [2.45, 2.75) is 19.8 Å². The van der Waals surface area contributed by atoms with Gasteiger partial charge >= 0.3 is 11.9 Å². The van der Waals surface area contributed by atoms with Gasteiger partial charge in [-0.15, -0.1) is 0 Å². The summed E-state index contributed by atoms with van der Waals surface area (Å²) in [6, 6.07) is 0. The molecule has 0 aromatic rings. The van der Waals surface area contributed by atoms with Gasteiger partial charge in [-0.25, -0.2) is 0 Å². The normalized spacial score (nSPS) is 33.8. The Hall–Kier alpha value is -1.32. The first-order chi connectivity index (χ1) is 8.13. The Morgan fingerprint density at radius 2 is 2.00 bits per heavy atom. The van der Waals surface area contributed by atoms with Gasteiger partial charge in [0.15, 0.2) is 0 Å². The second-order valence-corrected chi connectivity index (χ2v) is 4.79. The van der Waals surface area contributed by atoms with Gasteiger partial charge in [0.05, 0.1) is 19.6 Å². The third-order valence-corrected chi connectivity index (χ3v) is 3.85. The Kier molecular flexibility index (Phi) is 3.50. The highest BCUT2D eigenvalue weighted by atomic mass is 16.5. The van der Waals surface area contributed by atoms with E-state index in [1.54, 1.807) is 0 Å². The van der Waals surface area contributed by atoms with Gasteiger partial charge < -0.3 is 9.47 Å². The van der Waals surface area contributed by atoms with Crippen LogP contribution in [0.5, 0.6) is 0 Å². The lowest BCUT2D eigenvalue weighted by atomic mass is 9.81. The van der Waals surface area contributed by atoms with Gasteiger partial charge in [0.2, 0.25) is 0 Å². The summed E-state index contributed by atoms with van der Waals surface area (Å²) in [5, 5.41) is 0. The van der Waals surface area contributed by atoms with E-state index in [0.29, 0.717) is 18.4 Å². The first-order valence-electron chi connectivity index (χ1n) is 6.03. The van der Waals surface area contributed by atoms with Crippen LogP contribution < -0.4 is 0 Å². The number of rotatable bonds is 4. The molecule has 94 valence electrons. The van der Waals surface area contributed by atoms with E-state index in [1.807, 2.05) is 0 Å². The summed E-state index contributed by atoms with van der Waals surface area (Å²) in [7, 11) is 1.43. The van der Waals surface area contributed by atoms with Gasteiger partial charge in [0.1, 0.15) is 0 Å². The molecule has 0 aromatic heterocycles. The Morgan fingerprint density at radius 3 is 2.65 bits per heavy atom. The average molecular weight is 238 g/mol. The molecular weight excluding hydrogens is 220 g/mol. The van der Waals surface area contributed by atoms with Crippen molar-refractivity contribution in [1.29, 1.82) is 0 Å². The molecule has 2 aliphatic rings. The molecule has 4 heteroatoms. The zero-order valence-electron chi connectivity index (χ0n) is 10.2. The molecule has 0 saturated heterocycles. The van der Waals surface area contributed by atoms with Gasteiger partial charge in [-0.05, 0) is 30.6 Å². The summed E-state index contributed by atoms with van der Waals surface area (Å²) in [5.74, 6) is 0.574. The maximum atomic E-state index is 11.7. The van der Waals surface area contributed by atoms with E-state index in [2.05, 4.69) is 12.2 Å². The van der Waals surface area contributed by atoms with Gasteiger partial charge in [-0.2, -0.15) is 0 Å². The van der Waals surface area contributed by atoms with E-state index < -0.39 is 0 Å². The minimum Gasteiger partial charge on any atom is -0.469 e. The van der Waals surface area contributed by atoms with Crippen LogP contribution in [0, 0.1) is 23.7 Å². The van der Waals surface area contributed by atoms with Crippen LogP contribution in [0.3, 0.4) is 0 Å². The van der Waals surface area contributed by atoms with Crippen LogP contribution in [0.15, 0.2) is 12.2 Å². The monoisotopic (exact) mass is 238 g/mol. The average Bonchev–Trinajstić information content (AvgIpc) is 2.88. The zero-order valence-corrected chi connectivity index (χ0v) is 10.2. The Labute approximate surface area is 101 Å². The molecule has 1 fully saturated rings. The van der Waals surface area contributed by atoms with E-state index >= 15 is 0 Å². The van der Waals surface area contributed by atoms with Crippen molar-refractivity contribution in [1.82, 2.24) is 0 Å². The summed E-state index contributed by atoms with van der Waals surface area (Å²) in [6.07, 6.45) is 6.08. The molecule has 4 atom stereocenters. The third kappa shape index (κ3) is 2.35. The smallest absolute Gasteiger partial charge is 0.309 e. The lowest BCUT2D eigenvalue weighted by Crippen LogP contribution is -2.29. The number of esters is 2. The number of methoxy groups -OCH3 is 1. The molecule has 0 amide bonds. The standard InChI is InChI=1S/C13H18O4/c1-8(14)17-6-5-11-9-3-4-10(7-9)12(11)13(15)16-2/h3-4,9-12H,5-7H2,1-2H3. The van der Waals surface area contributed by atoms with Crippen molar-refractivity contribution in [3.05, 3.63) is 12.2 Å². The summed E-state index contributed by atoms with van der Waals surface area (Å²) in [4.78, 5) is 22.5. The van der Waals surface area contributed by atoms with Gasteiger partial charge in [-0.1, -0.05) is 12.2 Å². The summed E-state index contributed by atoms with van der Waals surface area (Å²) in [5.41, 5.74) is 0. The summed E-state index contributed by atoms with van der Waals surface area (Å²) in [6.45, 7) is 1.79. The molecule has 17 heavy (non-hydrogen) atoms. The second-order valence-electron chi connectivity index (χ2n) is 4.79. The fourth-order valence-electron chi connectivity index (χ4n) is 3.14. The molecule has 0 spiro atoms. The number of hydrogen-bond donors (Lipinski definition) is 0. The van der Waals surface area contributed by atoms with E-state index in [-0.39, 0.29) is 23.8 Å². The molecule has 2 aliphatic carbocycles. The maximum absolute atomic E-state index is 11.7. The highest BCUT2D eigenvalue weighted by molar-refractivity contribution is 5.74. The van der Waals surface area contributed by atoms with Crippen LogP contribution in [-0.2, 0) is 19.1 Å². The van der Waals surface area contributed by atoms with Crippen LogP contribution in [0.4, 0.5) is 0 Å². The van der Waals surface area contributed by atoms with Crippen LogP contribution in [0.1, 0.15) is 19.8 Å². The molecule has 0 N–H and O–H groups in total. The third-order valence-electron chi connectivity index (χ3n) is 3.85. The molecule has 2 rings (SSSR count). The first-order valence-corrected chi connectivity index (χ1v) is 6.03. The first kappa shape index (κ1) is 12.1. The van der Waals surface area contributed by atoms with Crippen LogP contribution in [-0.4, -0.2) is 25.7 Å². The largest absolute Gasteiger partial charge is 0.469 e. The minimum absolute atomic E-state index is 0.0504. The van der Waals surface area contributed by atoms with Gasteiger partial charge in [-0.3, -0.25) is 9.59 Å². The number of ether oxygens (including phenoxy) is 2. The molecular formula is C13H18O4. The summed E-state index contributed by atoms with van der Waals surface area (Å²) < 4.78 is 9.82. The van der Waals surface area contributed by atoms with Crippen molar-refractivity contribution in [2.75, 3.05) is 13.7 Å². The predicted octanol–water partition coefficient (Wildman–Crippen LogP) is 1.55. The van der Waals surface area contributed by atoms with Crippen molar-refractivity contribution in [3.63, 3.8) is 0 Å². The van der Waals surface area contributed by atoms with E-state index in [1.165, 1.54) is 14.0 Å². The zero-order chi connectivity index (χ0) is 12.4. The van der Waals surface area contributed by atoms with E-state index in [9.17, 15) is 9.59 Å². The number of carbonyl (C=O) groups excluding carboxylic acids is 2. The number of carbonyl (C=O) groups is 2. The van der Waals surface area contributed by atoms with Gasteiger partial charge in [0, 0.05) is 6.92 Å². The quantitative estimate of drug-likeness (QED) is 0.551. The van der Waals surface area contributed by atoms with Crippen LogP contribution in [0.25, 0.3) is 0 Å². The second kappa shape index (κ2) is 4.90. The topological polar surface area (TPSA) is 52.6 Å². The Bertz CT molecular complexity index is 347. The Balaban J connectivity index is 1.96. The molecule has 4 nitrogen and oxygen atoms in total. The van der Waals surface area contributed by atoms with Crippen molar-refractivity contribution >= 4 is 11.9 Å². The minimum atomic E-state index is -0.265. The maximum Gasteiger partial charge on any atom is 0.309 e. The molecule has 0 aromatic carbocycles. The number of allylic oxidation sites excluding steroid dienone is 2. The van der Waals surface area contributed by atoms with Crippen molar-refractivity contribution in [3.8, 4) is 0 Å². The lowest BCUT2D eigenvalue weighted by molar-refractivity contribution is -0.148. The van der Waals surface area contributed by atoms with Crippen LogP contribution >= 0.6 is 0 Å². The molecule has 4 unspecified atom stereocenters. The summed E-state index contributed by atoms with van der Waals surface area (Å²) >= 11 is 0. The van der Waals surface area contributed by atoms with Crippen molar-refractivity contribution < 1.29 is 19.1 Å². The number of fused-ring (bicyclic) bond motifs is 2. The fourth-order valence-corrected chi connectivity index (χ4v) is 3.14. The Morgan fingerprint density at radius 1 is 1.29 bits per heavy atom. The van der Waals surface area contributed by atoms with Gasteiger partial charge in [0.25, 0.3) is 0 Å². The fraction of sp³-hybridized carbons (Fsp3) is 0.692. The van der Waals surface area contributed by atoms with Crippen LogP contribution in [0.2, 0.25) is 0 Å². The van der Waals surface area contributed by atoms with E-state index in [4.69, 9.17) is 9.47 Å². The number of hydrogen-bond acceptors (Lipinski definition) is 4. The van der Waals surface area contributed by atoms with Crippen molar-refractivity contribution in [2.24, 2.45) is 23.7 Å². The molecule has 2 bridgehead atoms.